The lowest BCUT2D eigenvalue weighted by molar-refractivity contribution is -0.146. The Bertz CT molecular complexity index is 330. The Hall–Kier alpha value is -0.750. The number of thioether (sulfide) groups is 1. The third kappa shape index (κ3) is 3.86. The van der Waals surface area contributed by atoms with Crippen LogP contribution in [0.2, 0.25) is 0 Å². The van der Waals surface area contributed by atoms with E-state index in [0.29, 0.717) is 18.3 Å². The van der Waals surface area contributed by atoms with Crippen LogP contribution < -0.4 is 10.6 Å². The second-order valence-corrected chi connectivity index (χ2v) is 6.26. The van der Waals surface area contributed by atoms with Crippen molar-refractivity contribution in [3.63, 3.8) is 0 Å². The first-order valence-electron chi connectivity index (χ1n) is 7.05. The summed E-state index contributed by atoms with van der Waals surface area (Å²) in [6.45, 7) is 3.00. The molecule has 0 spiro atoms. The van der Waals surface area contributed by atoms with Crippen molar-refractivity contribution in [2.45, 2.75) is 37.0 Å². The van der Waals surface area contributed by atoms with E-state index < -0.39 is 5.91 Å². The summed E-state index contributed by atoms with van der Waals surface area (Å²) in [5.74, 6) is -0.789. The summed E-state index contributed by atoms with van der Waals surface area (Å²) in [4.78, 5) is 25.8. The Morgan fingerprint density at radius 3 is 2.84 bits per heavy atom. The van der Waals surface area contributed by atoms with Crippen LogP contribution >= 0.6 is 11.8 Å². The molecule has 6 heteroatoms. The van der Waals surface area contributed by atoms with Crippen LogP contribution in [0.25, 0.3) is 0 Å². The van der Waals surface area contributed by atoms with Gasteiger partial charge in [0.15, 0.2) is 0 Å². The molecule has 0 aromatic rings. The van der Waals surface area contributed by atoms with Gasteiger partial charge < -0.3 is 15.5 Å². The molecule has 108 valence electrons. The molecule has 2 fully saturated rings. The van der Waals surface area contributed by atoms with Crippen LogP contribution in [-0.4, -0.2) is 60.4 Å². The SMILES string of the molecule is CSC1CCCC1NC(=O)C(=O)N1CCCNCC1. The molecular weight excluding hydrogens is 262 g/mol. The van der Waals surface area contributed by atoms with Gasteiger partial charge in [-0.3, -0.25) is 9.59 Å². The summed E-state index contributed by atoms with van der Waals surface area (Å²) >= 11 is 1.78. The summed E-state index contributed by atoms with van der Waals surface area (Å²) < 4.78 is 0. The van der Waals surface area contributed by atoms with E-state index in [9.17, 15) is 9.59 Å². The average Bonchev–Trinajstić information content (AvgIpc) is 2.69. The maximum atomic E-state index is 12.1. The first-order chi connectivity index (χ1) is 9.22. The predicted molar refractivity (Wildman–Crippen MR) is 77.2 cm³/mol. The molecule has 19 heavy (non-hydrogen) atoms. The van der Waals surface area contributed by atoms with E-state index in [0.717, 1.165) is 38.8 Å². The summed E-state index contributed by atoms with van der Waals surface area (Å²) in [6, 6.07) is 0.163. The van der Waals surface area contributed by atoms with Crippen molar-refractivity contribution in [2.75, 3.05) is 32.4 Å². The standard InChI is InChI=1S/C13H23N3O2S/c1-19-11-5-2-4-10(11)15-12(17)13(18)16-8-3-6-14-7-9-16/h10-11,14H,2-9H2,1H3,(H,15,17). The molecule has 1 aliphatic carbocycles. The average molecular weight is 285 g/mol. The molecule has 1 saturated heterocycles. The van der Waals surface area contributed by atoms with Gasteiger partial charge in [-0.2, -0.15) is 11.8 Å². The van der Waals surface area contributed by atoms with Crippen molar-refractivity contribution in [1.29, 1.82) is 0 Å². The smallest absolute Gasteiger partial charge is 0.311 e. The molecule has 2 rings (SSSR count). The molecule has 2 unspecified atom stereocenters. The van der Waals surface area contributed by atoms with E-state index in [1.165, 1.54) is 0 Å². The van der Waals surface area contributed by atoms with E-state index in [-0.39, 0.29) is 11.9 Å². The van der Waals surface area contributed by atoms with Crippen molar-refractivity contribution < 1.29 is 9.59 Å². The number of carbonyl (C=O) groups excluding carboxylic acids is 2. The number of hydrogen-bond donors (Lipinski definition) is 2. The fraction of sp³-hybridized carbons (Fsp3) is 0.846. The molecule has 2 N–H and O–H groups in total. The molecule has 5 nitrogen and oxygen atoms in total. The highest BCUT2D eigenvalue weighted by Gasteiger charge is 2.31. The Morgan fingerprint density at radius 1 is 1.21 bits per heavy atom. The third-order valence-corrected chi connectivity index (χ3v) is 5.06. The Labute approximate surface area is 118 Å². The lowest BCUT2D eigenvalue weighted by Gasteiger charge is -2.23. The van der Waals surface area contributed by atoms with Gasteiger partial charge in [0.05, 0.1) is 0 Å². The van der Waals surface area contributed by atoms with Gasteiger partial charge in [0.25, 0.3) is 0 Å². The minimum Gasteiger partial charge on any atom is -0.344 e. The van der Waals surface area contributed by atoms with Gasteiger partial charge in [0, 0.05) is 30.9 Å². The van der Waals surface area contributed by atoms with Gasteiger partial charge in [-0.1, -0.05) is 6.42 Å². The minimum atomic E-state index is -0.423. The predicted octanol–water partition coefficient (Wildman–Crippen LogP) is 0.209. The van der Waals surface area contributed by atoms with Gasteiger partial charge in [-0.05, 0) is 32.1 Å². The van der Waals surface area contributed by atoms with E-state index >= 15 is 0 Å². The lowest BCUT2D eigenvalue weighted by atomic mass is 10.2. The van der Waals surface area contributed by atoms with Crippen LogP contribution in [0.1, 0.15) is 25.7 Å². The van der Waals surface area contributed by atoms with Gasteiger partial charge in [-0.15, -0.1) is 0 Å². The normalized spacial score (nSPS) is 27.9. The monoisotopic (exact) mass is 285 g/mol. The van der Waals surface area contributed by atoms with E-state index in [1.807, 2.05) is 0 Å². The zero-order valence-corrected chi connectivity index (χ0v) is 12.3. The fourth-order valence-corrected chi connectivity index (χ4v) is 3.73. The molecule has 1 aliphatic heterocycles. The molecule has 1 heterocycles. The summed E-state index contributed by atoms with van der Waals surface area (Å²) in [5, 5.41) is 6.62. The second-order valence-electron chi connectivity index (χ2n) is 5.18. The Balaban J connectivity index is 1.86. The quantitative estimate of drug-likeness (QED) is 0.712. The fourth-order valence-electron chi connectivity index (χ4n) is 2.80. The van der Waals surface area contributed by atoms with Gasteiger partial charge >= 0.3 is 11.8 Å². The largest absolute Gasteiger partial charge is 0.344 e. The van der Waals surface area contributed by atoms with Crippen molar-refractivity contribution in [1.82, 2.24) is 15.5 Å². The lowest BCUT2D eigenvalue weighted by Crippen LogP contribution is -2.48. The van der Waals surface area contributed by atoms with Crippen molar-refractivity contribution in [2.24, 2.45) is 0 Å². The van der Waals surface area contributed by atoms with Crippen LogP contribution in [0, 0.1) is 0 Å². The molecule has 1 saturated carbocycles. The maximum absolute atomic E-state index is 12.1. The summed E-state index contributed by atoms with van der Waals surface area (Å²) in [5.41, 5.74) is 0. The van der Waals surface area contributed by atoms with Gasteiger partial charge in [0.1, 0.15) is 0 Å². The molecule has 0 bridgehead atoms. The van der Waals surface area contributed by atoms with Gasteiger partial charge in [0.2, 0.25) is 0 Å². The first-order valence-corrected chi connectivity index (χ1v) is 8.34. The van der Waals surface area contributed by atoms with Gasteiger partial charge in [-0.25, -0.2) is 0 Å². The number of carbonyl (C=O) groups is 2. The Kier molecular flexibility index (Phi) is 5.51. The summed E-state index contributed by atoms with van der Waals surface area (Å²) in [7, 11) is 0. The molecule has 2 amide bonds. The van der Waals surface area contributed by atoms with Crippen LogP contribution in [0.3, 0.4) is 0 Å². The zero-order chi connectivity index (χ0) is 13.7. The number of nitrogens with one attached hydrogen (secondary N) is 2. The van der Waals surface area contributed by atoms with Crippen LogP contribution in [0.15, 0.2) is 0 Å². The first kappa shape index (κ1) is 14.7. The molecule has 0 radical (unpaired) electrons. The Morgan fingerprint density at radius 2 is 2.05 bits per heavy atom. The van der Waals surface area contributed by atoms with E-state index in [4.69, 9.17) is 0 Å². The number of hydrogen-bond acceptors (Lipinski definition) is 4. The topological polar surface area (TPSA) is 61.4 Å². The highest BCUT2D eigenvalue weighted by Crippen LogP contribution is 2.28. The highest BCUT2D eigenvalue weighted by atomic mass is 32.2. The molecule has 0 aromatic heterocycles. The van der Waals surface area contributed by atoms with Crippen LogP contribution in [-0.2, 0) is 9.59 Å². The maximum Gasteiger partial charge on any atom is 0.311 e. The van der Waals surface area contributed by atoms with Crippen molar-refractivity contribution in [3.05, 3.63) is 0 Å². The highest BCUT2D eigenvalue weighted by molar-refractivity contribution is 7.99. The van der Waals surface area contributed by atoms with Crippen LogP contribution in [0.4, 0.5) is 0 Å². The van der Waals surface area contributed by atoms with Crippen molar-refractivity contribution in [3.8, 4) is 0 Å². The number of rotatable bonds is 2. The minimum absolute atomic E-state index is 0.163. The second kappa shape index (κ2) is 7.14. The zero-order valence-electron chi connectivity index (χ0n) is 11.5. The number of nitrogens with zero attached hydrogens (tertiary/aromatic N) is 1. The molecular formula is C13H23N3O2S. The summed E-state index contributed by atoms with van der Waals surface area (Å²) in [6.07, 6.45) is 6.24. The van der Waals surface area contributed by atoms with Crippen molar-refractivity contribution >= 4 is 23.6 Å². The van der Waals surface area contributed by atoms with E-state index in [2.05, 4.69) is 16.9 Å². The third-order valence-electron chi connectivity index (χ3n) is 3.89. The molecule has 2 atom stereocenters. The molecule has 2 aliphatic rings. The number of amides is 2. The molecule has 0 aromatic carbocycles. The van der Waals surface area contributed by atoms with Crippen LogP contribution in [0.5, 0.6) is 0 Å². The van der Waals surface area contributed by atoms with E-state index in [1.54, 1.807) is 16.7 Å².